The van der Waals surface area contributed by atoms with Gasteiger partial charge in [0.05, 0.1) is 11.2 Å². The third-order valence-corrected chi connectivity index (χ3v) is 4.79. The van der Waals surface area contributed by atoms with E-state index in [1.54, 1.807) is 42.5 Å². The topological polar surface area (TPSA) is 107 Å². The Balaban J connectivity index is 1.36. The number of nitrogens with one attached hydrogen (secondary N) is 2. The molecule has 0 atom stereocenters. The molecule has 0 bridgehead atoms. The van der Waals surface area contributed by atoms with Gasteiger partial charge in [-0.2, -0.15) is 4.98 Å². The van der Waals surface area contributed by atoms with Crippen molar-refractivity contribution < 1.29 is 27.0 Å². The summed E-state index contributed by atoms with van der Waals surface area (Å²) in [5, 5.41) is 5.51. The van der Waals surface area contributed by atoms with Crippen molar-refractivity contribution in [2.75, 3.05) is 16.4 Å². The van der Waals surface area contributed by atoms with E-state index in [4.69, 9.17) is 22.1 Å². The summed E-state index contributed by atoms with van der Waals surface area (Å²) < 4.78 is 60.7. The first kappa shape index (κ1) is 24.8. The number of ether oxygens (including phenoxy) is 2. The van der Waals surface area contributed by atoms with Crippen LogP contribution in [0.3, 0.4) is 0 Å². The van der Waals surface area contributed by atoms with Crippen LogP contribution in [0.1, 0.15) is 5.56 Å². The lowest BCUT2D eigenvalue weighted by Crippen LogP contribution is -2.17. The predicted octanol–water partition coefficient (Wildman–Crippen LogP) is 6.21. The number of pyridine rings is 1. The summed E-state index contributed by atoms with van der Waals surface area (Å²) in [6.45, 7) is 0.0624. The molecule has 36 heavy (non-hydrogen) atoms. The largest absolute Gasteiger partial charge is 0.573 e. The highest BCUT2D eigenvalue weighted by molar-refractivity contribution is 6.32. The molecule has 8 nitrogen and oxygen atoms in total. The number of nitrogen functional groups attached to an aromatic ring is 1. The highest BCUT2D eigenvalue weighted by Gasteiger charge is 2.32. The molecule has 2 heterocycles. The molecule has 0 aliphatic rings. The van der Waals surface area contributed by atoms with Gasteiger partial charge in [-0.25, -0.2) is 14.4 Å². The first-order valence-electron chi connectivity index (χ1n) is 10.2. The van der Waals surface area contributed by atoms with E-state index in [-0.39, 0.29) is 29.2 Å². The molecule has 13 heteroatoms. The van der Waals surface area contributed by atoms with Crippen LogP contribution in [0.4, 0.5) is 46.7 Å². The van der Waals surface area contributed by atoms with Gasteiger partial charge in [-0.05, 0) is 54.1 Å². The molecule has 4 N–H and O–H groups in total. The van der Waals surface area contributed by atoms with E-state index in [9.17, 15) is 17.6 Å². The molecule has 0 radical (unpaired) electrons. The van der Waals surface area contributed by atoms with E-state index < -0.39 is 17.9 Å². The number of nitrogens with zero attached hydrogens (tertiary/aromatic N) is 3. The number of anilines is 5. The summed E-state index contributed by atoms with van der Waals surface area (Å²) >= 11 is 5.85. The van der Waals surface area contributed by atoms with Gasteiger partial charge in [0.1, 0.15) is 29.7 Å². The third kappa shape index (κ3) is 6.85. The average molecular weight is 521 g/mol. The first-order chi connectivity index (χ1) is 17.1. The lowest BCUT2D eigenvalue weighted by atomic mass is 10.2. The Morgan fingerprint density at radius 2 is 1.75 bits per heavy atom. The number of hydrogen-bond donors (Lipinski definition) is 3. The number of nitrogens with two attached hydrogens (primary N) is 1. The quantitative estimate of drug-likeness (QED) is 0.235. The number of rotatable bonds is 8. The normalized spacial score (nSPS) is 11.1. The van der Waals surface area contributed by atoms with Gasteiger partial charge in [-0.1, -0.05) is 23.7 Å². The molecule has 0 aliphatic heterocycles. The highest BCUT2D eigenvalue weighted by atomic mass is 35.5. The second kappa shape index (κ2) is 10.5. The van der Waals surface area contributed by atoms with Gasteiger partial charge in [0.2, 0.25) is 5.95 Å². The van der Waals surface area contributed by atoms with Crippen LogP contribution in [-0.4, -0.2) is 21.3 Å². The molecule has 0 saturated heterocycles. The van der Waals surface area contributed by atoms with Crippen LogP contribution in [0, 0.1) is 5.82 Å². The molecular formula is C23H17ClF4N6O2. The summed E-state index contributed by atoms with van der Waals surface area (Å²) in [4.78, 5) is 12.1. The smallest absolute Gasteiger partial charge is 0.489 e. The summed E-state index contributed by atoms with van der Waals surface area (Å²) in [6, 6.07) is 15.4. The van der Waals surface area contributed by atoms with Gasteiger partial charge < -0.3 is 25.8 Å². The minimum Gasteiger partial charge on any atom is -0.489 e. The van der Waals surface area contributed by atoms with Crippen molar-refractivity contribution in [1.82, 2.24) is 15.0 Å². The molecule has 0 fully saturated rings. The Kier molecular flexibility index (Phi) is 7.25. The number of halogens is 5. The van der Waals surface area contributed by atoms with Crippen molar-refractivity contribution in [2.24, 2.45) is 0 Å². The van der Waals surface area contributed by atoms with Crippen molar-refractivity contribution in [3.8, 4) is 11.5 Å². The van der Waals surface area contributed by atoms with E-state index in [1.165, 1.54) is 12.1 Å². The van der Waals surface area contributed by atoms with E-state index in [0.717, 1.165) is 12.3 Å². The van der Waals surface area contributed by atoms with E-state index in [1.807, 2.05) is 0 Å². The van der Waals surface area contributed by atoms with Gasteiger partial charge in [-0.15, -0.1) is 13.2 Å². The Morgan fingerprint density at radius 3 is 2.44 bits per heavy atom. The molecule has 4 aromatic rings. The third-order valence-electron chi connectivity index (χ3n) is 4.50. The minimum atomic E-state index is -4.83. The van der Waals surface area contributed by atoms with Gasteiger partial charge in [0.25, 0.3) is 0 Å². The number of alkyl halides is 3. The van der Waals surface area contributed by atoms with Gasteiger partial charge in [0, 0.05) is 5.69 Å². The number of aromatic nitrogens is 3. The molecular weight excluding hydrogens is 504 g/mol. The van der Waals surface area contributed by atoms with Gasteiger partial charge in [-0.3, -0.25) is 0 Å². The monoisotopic (exact) mass is 520 g/mol. The van der Waals surface area contributed by atoms with Crippen LogP contribution in [0.25, 0.3) is 0 Å². The molecule has 0 aliphatic carbocycles. The van der Waals surface area contributed by atoms with E-state index in [2.05, 4.69) is 30.3 Å². The first-order valence-corrected chi connectivity index (χ1v) is 10.6. The second-order valence-electron chi connectivity index (χ2n) is 7.21. The number of hydrogen-bond acceptors (Lipinski definition) is 8. The maximum absolute atomic E-state index is 14.1. The Hall–Kier alpha value is -4.32. The van der Waals surface area contributed by atoms with Crippen LogP contribution < -0.4 is 25.8 Å². The summed E-state index contributed by atoms with van der Waals surface area (Å²) in [7, 11) is 0. The van der Waals surface area contributed by atoms with Crippen molar-refractivity contribution in [3.63, 3.8) is 0 Å². The van der Waals surface area contributed by atoms with Crippen LogP contribution in [0.2, 0.25) is 5.02 Å². The zero-order chi connectivity index (χ0) is 25.7. The fraction of sp³-hybridized carbons (Fsp3) is 0.0870. The molecule has 0 saturated carbocycles. The zero-order valence-corrected chi connectivity index (χ0v) is 18.9. The predicted molar refractivity (Wildman–Crippen MR) is 126 cm³/mol. The molecule has 0 amide bonds. The molecule has 2 aromatic heterocycles. The van der Waals surface area contributed by atoms with Crippen molar-refractivity contribution in [2.45, 2.75) is 13.0 Å². The van der Waals surface area contributed by atoms with Crippen molar-refractivity contribution in [3.05, 3.63) is 83.3 Å². The van der Waals surface area contributed by atoms with Crippen LogP contribution >= 0.6 is 11.6 Å². The Morgan fingerprint density at radius 1 is 0.972 bits per heavy atom. The summed E-state index contributed by atoms with van der Waals surface area (Å²) in [5.41, 5.74) is 6.78. The standard InChI is InChI=1S/C23H17ClF4N6O2/c24-16-10-13(4-9-18(16)36-23(26,27)28)12-35-15-7-5-14(6-8-15)31-22-30-11-17(25)21(34-22)33-20-3-1-2-19(29)32-20/h1-11H,12H2,(H4,29,30,31,32,33,34). The Bertz CT molecular complexity index is 1360. The van der Waals surface area contributed by atoms with Crippen molar-refractivity contribution in [1.29, 1.82) is 0 Å². The van der Waals surface area contributed by atoms with Gasteiger partial charge >= 0.3 is 6.36 Å². The zero-order valence-electron chi connectivity index (χ0n) is 18.2. The molecule has 186 valence electrons. The maximum Gasteiger partial charge on any atom is 0.573 e. The van der Waals surface area contributed by atoms with E-state index >= 15 is 0 Å². The lowest BCUT2D eigenvalue weighted by molar-refractivity contribution is -0.274. The highest BCUT2D eigenvalue weighted by Crippen LogP contribution is 2.31. The van der Waals surface area contributed by atoms with Crippen LogP contribution in [-0.2, 0) is 6.61 Å². The van der Waals surface area contributed by atoms with Crippen LogP contribution in [0.15, 0.2) is 66.9 Å². The van der Waals surface area contributed by atoms with E-state index in [0.29, 0.717) is 22.8 Å². The maximum atomic E-state index is 14.1. The minimum absolute atomic E-state index is 0.0624. The molecule has 4 rings (SSSR count). The van der Waals surface area contributed by atoms with Gasteiger partial charge in [0.15, 0.2) is 11.6 Å². The lowest BCUT2D eigenvalue weighted by Gasteiger charge is -2.12. The van der Waals surface area contributed by atoms with Crippen LogP contribution in [0.5, 0.6) is 11.5 Å². The molecule has 2 aromatic carbocycles. The summed E-state index contributed by atoms with van der Waals surface area (Å²) in [5.74, 6) is -0.0411. The second-order valence-corrected chi connectivity index (χ2v) is 7.62. The van der Waals surface area contributed by atoms with Crippen molar-refractivity contribution >= 4 is 40.7 Å². The fourth-order valence-electron chi connectivity index (χ4n) is 2.93. The average Bonchev–Trinajstić information content (AvgIpc) is 2.82. The fourth-order valence-corrected chi connectivity index (χ4v) is 3.17. The number of benzene rings is 2. The molecule has 0 spiro atoms. The SMILES string of the molecule is Nc1cccc(Nc2nc(Nc3ccc(OCc4ccc(OC(F)(F)F)c(Cl)c4)cc3)ncc2F)n1. The Labute approximate surface area is 207 Å². The summed E-state index contributed by atoms with van der Waals surface area (Å²) in [6.07, 6.45) is -3.82. The molecule has 0 unspecified atom stereocenters.